The number of aryl methyl sites for hydroxylation is 1. The normalized spacial score (nSPS) is 14.5. The summed E-state index contributed by atoms with van der Waals surface area (Å²) in [6, 6.07) is 19.4. The van der Waals surface area contributed by atoms with E-state index in [1.807, 2.05) is 17.0 Å². The van der Waals surface area contributed by atoms with E-state index in [1.54, 1.807) is 30.5 Å². The molecule has 8 heteroatoms. The molecular formula is C25H25ClN6O. The van der Waals surface area contributed by atoms with Crippen LogP contribution in [0.4, 0.5) is 10.5 Å². The zero-order valence-corrected chi connectivity index (χ0v) is 19.2. The lowest BCUT2D eigenvalue weighted by atomic mass is 10.2. The zero-order valence-electron chi connectivity index (χ0n) is 18.4. The lowest BCUT2D eigenvalue weighted by molar-refractivity contribution is 0.140. The van der Waals surface area contributed by atoms with Crippen LogP contribution in [-0.4, -0.2) is 56.5 Å². The molecule has 1 aliphatic rings. The first kappa shape index (κ1) is 21.4. The number of amides is 2. The molecule has 0 unspecified atom stereocenters. The van der Waals surface area contributed by atoms with E-state index < -0.39 is 0 Å². The Morgan fingerprint density at radius 3 is 2.45 bits per heavy atom. The summed E-state index contributed by atoms with van der Waals surface area (Å²) in [6.45, 7) is 5.64. The minimum atomic E-state index is -0.0898. The molecule has 0 saturated carbocycles. The second-order valence-electron chi connectivity index (χ2n) is 8.25. The van der Waals surface area contributed by atoms with E-state index in [2.05, 4.69) is 51.0 Å². The van der Waals surface area contributed by atoms with Gasteiger partial charge in [-0.05, 0) is 55.5 Å². The molecule has 2 aromatic carbocycles. The van der Waals surface area contributed by atoms with Gasteiger partial charge in [0.2, 0.25) is 0 Å². The molecule has 1 N–H and O–H groups in total. The third kappa shape index (κ3) is 4.69. The summed E-state index contributed by atoms with van der Waals surface area (Å²) >= 11 is 5.92. The van der Waals surface area contributed by atoms with Gasteiger partial charge < -0.3 is 10.2 Å². The predicted octanol–water partition coefficient (Wildman–Crippen LogP) is 4.73. The van der Waals surface area contributed by atoms with Crippen molar-refractivity contribution >= 4 is 34.5 Å². The Morgan fingerprint density at radius 1 is 1.00 bits per heavy atom. The number of rotatable bonds is 4. The second kappa shape index (κ2) is 9.21. The number of fused-ring (bicyclic) bond motifs is 1. The molecule has 0 atom stereocenters. The van der Waals surface area contributed by atoms with E-state index in [-0.39, 0.29) is 6.03 Å². The lowest BCUT2D eigenvalue weighted by Crippen LogP contribution is -2.49. The highest BCUT2D eigenvalue weighted by Gasteiger charge is 2.23. The number of piperazine rings is 1. The SMILES string of the molecule is Cc1ccc(-n2c(CN3CCN(C(=O)Nc4ccc(Cl)cc4)CC3)nc3cccnc32)cc1. The first-order valence-corrected chi connectivity index (χ1v) is 11.4. The number of nitrogens with one attached hydrogen (secondary N) is 1. The van der Waals surface area contributed by atoms with Gasteiger partial charge >= 0.3 is 6.03 Å². The fourth-order valence-electron chi connectivity index (χ4n) is 4.08. The number of imidazole rings is 1. The molecule has 1 fully saturated rings. The Bertz CT molecular complexity index is 1260. The van der Waals surface area contributed by atoms with E-state index in [9.17, 15) is 4.79 Å². The molecule has 5 rings (SSSR count). The molecule has 0 spiro atoms. The molecule has 2 amide bonds. The highest BCUT2D eigenvalue weighted by atomic mass is 35.5. The molecule has 33 heavy (non-hydrogen) atoms. The van der Waals surface area contributed by atoms with E-state index >= 15 is 0 Å². The number of benzene rings is 2. The number of anilines is 1. The second-order valence-corrected chi connectivity index (χ2v) is 8.68. The van der Waals surface area contributed by atoms with Crippen molar-refractivity contribution in [2.45, 2.75) is 13.5 Å². The van der Waals surface area contributed by atoms with Crippen LogP contribution in [0.2, 0.25) is 5.02 Å². The van der Waals surface area contributed by atoms with Gasteiger partial charge in [0.1, 0.15) is 11.3 Å². The molecule has 2 aromatic heterocycles. The summed E-state index contributed by atoms with van der Waals surface area (Å²) in [4.78, 5) is 26.3. The summed E-state index contributed by atoms with van der Waals surface area (Å²) in [6.07, 6.45) is 1.80. The predicted molar refractivity (Wildman–Crippen MR) is 131 cm³/mol. The largest absolute Gasteiger partial charge is 0.322 e. The molecule has 3 heterocycles. The summed E-state index contributed by atoms with van der Waals surface area (Å²) in [5.41, 5.74) is 4.75. The van der Waals surface area contributed by atoms with Gasteiger partial charge in [-0.3, -0.25) is 9.47 Å². The van der Waals surface area contributed by atoms with E-state index in [1.165, 1.54) is 5.56 Å². The van der Waals surface area contributed by atoms with Gasteiger partial charge in [0.25, 0.3) is 0 Å². The summed E-state index contributed by atoms with van der Waals surface area (Å²) in [7, 11) is 0. The zero-order chi connectivity index (χ0) is 22.8. The number of carbonyl (C=O) groups excluding carboxylic acids is 1. The number of urea groups is 1. The van der Waals surface area contributed by atoms with Crippen LogP contribution in [0.3, 0.4) is 0 Å². The number of carbonyl (C=O) groups is 1. The van der Waals surface area contributed by atoms with Crippen molar-refractivity contribution < 1.29 is 4.79 Å². The first-order valence-electron chi connectivity index (χ1n) is 11.0. The summed E-state index contributed by atoms with van der Waals surface area (Å²) in [5, 5.41) is 3.59. The van der Waals surface area contributed by atoms with Crippen LogP contribution in [0.15, 0.2) is 66.9 Å². The Kier molecular flexibility index (Phi) is 5.98. The van der Waals surface area contributed by atoms with E-state index in [4.69, 9.17) is 16.6 Å². The third-order valence-corrected chi connectivity index (χ3v) is 6.15. The number of hydrogen-bond donors (Lipinski definition) is 1. The van der Waals surface area contributed by atoms with Crippen molar-refractivity contribution in [2.75, 3.05) is 31.5 Å². The minimum Gasteiger partial charge on any atom is -0.322 e. The van der Waals surface area contributed by atoms with Crippen molar-refractivity contribution in [1.29, 1.82) is 0 Å². The number of aromatic nitrogens is 3. The van der Waals surface area contributed by atoms with Crippen LogP contribution in [0, 0.1) is 6.92 Å². The van der Waals surface area contributed by atoms with Crippen molar-refractivity contribution in [2.24, 2.45) is 0 Å². The maximum absolute atomic E-state index is 12.6. The van der Waals surface area contributed by atoms with Crippen molar-refractivity contribution in [3.05, 3.63) is 83.3 Å². The molecule has 4 aromatic rings. The maximum atomic E-state index is 12.6. The van der Waals surface area contributed by atoms with Crippen LogP contribution >= 0.6 is 11.6 Å². The third-order valence-electron chi connectivity index (χ3n) is 5.90. The smallest absolute Gasteiger partial charge is 0.321 e. The molecular weight excluding hydrogens is 436 g/mol. The van der Waals surface area contributed by atoms with Gasteiger partial charge in [0.05, 0.1) is 6.54 Å². The Morgan fingerprint density at radius 2 is 1.73 bits per heavy atom. The van der Waals surface area contributed by atoms with Crippen molar-refractivity contribution in [1.82, 2.24) is 24.3 Å². The van der Waals surface area contributed by atoms with Gasteiger partial charge in [-0.2, -0.15) is 0 Å². The quantitative estimate of drug-likeness (QED) is 0.478. The van der Waals surface area contributed by atoms with E-state index in [0.29, 0.717) is 24.7 Å². The molecule has 168 valence electrons. The minimum absolute atomic E-state index is 0.0898. The molecule has 7 nitrogen and oxygen atoms in total. The highest BCUT2D eigenvalue weighted by Crippen LogP contribution is 2.22. The molecule has 0 radical (unpaired) electrons. The van der Waals surface area contributed by atoms with Gasteiger partial charge in [0, 0.05) is 48.8 Å². The average molecular weight is 461 g/mol. The Labute approximate surface area is 197 Å². The summed E-state index contributed by atoms with van der Waals surface area (Å²) < 4.78 is 2.13. The van der Waals surface area contributed by atoms with E-state index in [0.717, 1.165) is 41.5 Å². The maximum Gasteiger partial charge on any atom is 0.321 e. The molecule has 1 saturated heterocycles. The van der Waals surface area contributed by atoms with Crippen LogP contribution in [-0.2, 0) is 6.54 Å². The summed E-state index contributed by atoms with van der Waals surface area (Å²) in [5.74, 6) is 0.951. The number of halogens is 1. The molecule has 0 aliphatic carbocycles. The van der Waals surface area contributed by atoms with Crippen LogP contribution < -0.4 is 5.32 Å². The highest BCUT2D eigenvalue weighted by molar-refractivity contribution is 6.30. The Hall–Kier alpha value is -3.42. The lowest BCUT2D eigenvalue weighted by Gasteiger charge is -2.34. The van der Waals surface area contributed by atoms with Crippen LogP contribution in [0.1, 0.15) is 11.4 Å². The van der Waals surface area contributed by atoms with Gasteiger partial charge in [-0.15, -0.1) is 0 Å². The first-order chi connectivity index (χ1) is 16.1. The van der Waals surface area contributed by atoms with Crippen molar-refractivity contribution in [3.8, 4) is 5.69 Å². The monoisotopic (exact) mass is 460 g/mol. The topological polar surface area (TPSA) is 66.3 Å². The Balaban J connectivity index is 1.28. The van der Waals surface area contributed by atoms with Crippen molar-refractivity contribution in [3.63, 3.8) is 0 Å². The number of pyridine rings is 1. The average Bonchev–Trinajstić information content (AvgIpc) is 3.19. The van der Waals surface area contributed by atoms with Gasteiger partial charge in [-0.25, -0.2) is 14.8 Å². The van der Waals surface area contributed by atoms with Crippen LogP contribution in [0.5, 0.6) is 0 Å². The van der Waals surface area contributed by atoms with Gasteiger partial charge in [-0.1, -0.05) is 29.3 Å². The number of nitrogens with zero attached hydrogens (tertiary/aromatic N) is 5. The fourth-order valence-corrected chi connectivity index (χ4v) is 4.20. The molecule has 1 aliphatic heterocycles. The number of hydrogen-bond acceptors (Lipinski definition) is 4. The van der Waals surface area contributed by atoms with Gasteiger partial charge in [0.15, 0.2) is 5.65 Å². The standard InChI is InChI=1S/C25H25ClN6O/c1-18-4-10-21(11-5-18)32-23(29-22-3-2-12-27-24(22)32)17-30-13-15-31(16-14-30)25(33)28-20-8-6-19(26)7-9-20/h2-12H,13-17H2,1H3,(H,28,33). The molecule has 0 bridgehead atoms. The van der Waals surface area contributed by atoms with Crippen LogP contribution in [0.25, 0.3) is 16.9 Å². The fraction of sp³-hybridized carbons (Fsp3) is 0.240.